The molecule has 1 aromatic heterocycles. The fourth-order valence-corrected chi connectivity index (χ4v) is 7.53. The number of nitrogens with one attached hydrogen (secondary N) is 1. The minimum absolute atomic E-state index is 0.247. The molecule has 2 bridgehead atoms. The van der Waals surface area contributed by atoms with E-state index in [0.29, 0.717) is 12.0 Å². The van der Waals surface area contributed by atoms with E-state index in [0.717, 1.165) is 18.1 Å². The molecule has 3 heteroatoms. The fraction of sp³-hybridized carbons (Fsp3) is 0.500. The third-order valence-electron chi connectivity index (χ3n) is 9.31. The predicted octanol–water partition coefficient (Wildman–Crippen LogP) is 5.26. The summed E-state index contributed by atoms with van der Waals surface area (Å²) in [7, 11) is 1.81. The summed E-state index contributed by atoms with van der Waals surface area (Å²) in [6, 6.07) is 16.5. The zero-order valence-corrected chi connectivity index (χ0v) is 18.5. The number of likely N-dealkylation sites (tertiary alicyclic amines) is 1. The first-order chi connectivity index (χ1) is 15.2. The van der Waals surface area contributed by atoms with Crippen molar-refractivity contribution in [3.05, 3.63) is 64.8 Å². The molecule has 3 aromatic rings. The molecule has 0 amide bonds. The van der Waals surface area contributed by atoms with Crippen LogP contribution in [0.15, 0.2) is 42.5 Å². The number of hydrogen-bond donors (Lipinski definition) is 1. The monoisotopic (exact) mass is 412 g/mol. The van der Waals surface area contributed by atoms with Crippen LogP contribution in [0.3, 0.4) is 0 Å². The lowest BCUT2D eigenvalue weighted by atomic mass is 9.52. The van der Waals surface area contributed by atoms with Crippen molar-refractivity contribution in [3.63, 3.8) is 0 Å². The quantitative estimate of drug-likeness (QED) is 0.636. The van der Waals surface area contributed by atoms with Gasteiger partial charge in [0.25, 0.3) is 0 Å². The molecular weight excluding hydrogens is 380 g/mol. The first-order valence-electron chi connectivity index (χ1n) is 12.2. The maximum Gasteiger partial charge on any atom is 0.119 e. The lowest BCUT2D eigenvalue weighted by Gasteiger charge is -2.59. The fourth-order valence-electron chi connectivity index (χ4n) is 7.53. The average Bonchev–Trinajstić information content (AvgIpc) is 3.12. The van der Waals surface area contributed by atoms with Gasteiger partial charge in [-0.3, -0.25) is 4.90 Å². The van der Waals surface area contributed by atoms with E-state index in [1.165, 1.54) is 68.2 Å². The molecule has 31 heavy (non-hydrogen) atoms. The van der Waals surface area contributed by atoms with Crippen LogP contribution in [-0.4, -0.2) is 36.1 Å². The van der Waals surface area contributed by atoms with E-state index >= 15 is 0 Å². The summed E-state index contributed by atoms with van der Waals surface area (Å²) in [5.41, 5.74) is 7.80. The Kier molecular flexibility index (Phi) is 3.91. The van der Waals surface area contributed by atoms with Crippen molar-refractivity contribution in [1.29, 1.82) is 0 Å². The third kappa shape index (κ3) is 2.56. The van der Waals surface area contributed by atoms with Crippen LogP contribution in [0.25, 0.3) is 10.9 Å². The summed E-state index contributed by atoms with van der Waals surface area (Å²) >= 11 is 0. The van der Waals surface area contributed by atoms with Gasteiger partial charge in [-0.1, -0.05) is 30.7 Å². The van der Waals surface area contributed by atoms with Gasteiger partial charge in [0.05, 0.1) is 7.11 Å². The maximum atomic E-state index is 5.69. The largest absolute Gasteiger partial charge is 0.497 e. The highest BCUT2D eigenvalue weighted by Crippen LogP contribution is 2.56. The Morgan fingerprint density at radius 1 is 1.13 bits per heavy atom. The number of fused-ring (bicyclic) bond motifs is 4. The highest BCUT2D eigenvalue weighted by atomic mass is 16.5. The number of ether oxygens (including phenoxy) is 1. The van der Waals surface area contributed by atoms with Crippen LogP contribution in [-0.2, 0) is 24.7 Å². The molecule has 1 aliphatic heterocycles. The normalized spacial score (nSPS) is 29.7. The molecule has 1 saturated heterocycles. The molecule has 4 aliphatic rings. The molecule has 1 unspecified atom stereocenters. The molecule has 3 atom stereocenters. The van der Waals surface area contributed by atoms with Crippen LogP contribution < -0.4 is 4.74 Å². The number of H-pyrrole nitrogens is 1. The van der Waals surface area contributed by atoms with Crippen molar-refractivity contribution < 1.29 is 4.74 Å². The van der Waals surface area contributed by atoms with Gasteiger partial charge in [-0.2, -0.15) is 0 Å². The number of rotatable bonds is 3. The summed E-state index contributed by atoms with van der Waals surface area (Å²) < 4.78 is 5.69. The van der Waals surface area contributed by atoms with Crippen molar-refractivity contribution in [1.82, 2.24) is 9.88 Å². The zero-order chi connectivity index (χ0) is 20.6. The number of piperidine rings is 1. The minimum atomic E-state index is 0.247. The van der Waals surface area contributed by atoms with Gasteiger partial charge in [-0.15, -0.1) is 0 Å². The Morgan fingerprint density at radius 2 is 2.03 bits per heavy atom. The van der Waals surface area contributed by atoms with E-state index in [2.05, 4.69) is 52.3 Å². The van der Waals surface area contributed by atoms with Crippen LogP contribution in [0, 0.1) is 11.8 Å². The Labute approximate surface area is 184 Å². The lowest BCUT2D eigenvalue weighted by molar-refractivity contribution is -0.00774. The second-order valence-electron chi connectivity index (χ2n) is 10.6. The molecule has 3 aliphatic carbocycles. The predicted molar refractivity (Wildman–Crippen MR) is 125 cm³/mol. The average molecular weight is 413 g/mol. The molecule has 1 N–H and O–H groups in total. The second-order valence-corrected chi connectivity index (χ2v) is 10.6. The Bertz CT molecular complexity index is 1160. The first-order valence-corrected chi connectivity index (χ1v) is 12.2. The van der Waals surface area contributed by atoms with Gasteiger partial charge in [0.1, 0.15) is 5.75 Å². The smallest absolute Gasteiger partial charge is 0.119 e. The maximum absolute atomic E-state index is 5.69. The van der Waals surface area contributed by atoms with Crippen LogP contribution in [0.1, 0.15) is 48.1 Å². The van der Waals surface area contributed by atoms with Gasteiger partial charge >= 0.3 is 0 Å². The minimum Gasteiger partial charge on any atom is -0.497 e. The number of aromatic amines is 1. The van der Waals surface area contributed by atoms with Gasteiger partial charge in [0.15, 0.2) is 0 Å². The highest BCUT2D eigenvalue weighted by Gasteiger charge is 2.55. The molecule has 2 fully saturated rings. The SMILES string of the molecule is COc1ccc2c(c1)[C@@]13CCN(CC4CCC4)[C@@H](C2)C1Cc1c([nH]c2ccccc12)C3. The zero-order valence-electron chi connectivity index (χ0n) is 18.5. The number of methoxy groups -OCH3 is 1. The molecule has 2 heterocycles. The van der Waals surface area contributed by atoms with Crippen LogP contribution in [0.2, 0.25) is 0 Å². The van der Waals surface area contributed by atoms with Crippen molar-refractivity contribution in [2.45, 2.75) is 56.4 Å². The van der Waals surface area contributed by atoms with E-state index < -0.39 is 0 Å². The van der Waals surface area contributed by atoms with Crippen LogP contribution in [0.5, 0.6) is 5.75 Å². The molecular formula is C28H32N2O. The molecule has 160 valence electrons. The summed E-state index contributed by atoms with van der Waals surface area (Å²) in [5.74, 6) is 2.66. The number of para-hydroxylation sites is 1. The number of benzene rings is 2. The second kappa shape index (κ2) is 6.62. The van der Waals surface area contributed by atoms with Gasteiger partial charge in [0.2, 0.25) is 0 Å². The van der Waals surface area contributed by atoms with E-state index in [1.807, 2.05) is 0 Å². The summed E-state index contributed by atoms with van der Waals surface area (Å²) in [6.07, 6.45) is 9.17. The third-order valence-corrected chi connectivity index (χ3v) is 9.31. The van der Waals surface area contributed by atoms with E-state index in [-0.39, 0.29) is 5.41 Å². The van der Waals surface area contributed by atoms with Crippen molar-refractivity contribution >= 4 is 10.9 Å². The molecule has 0 radical (unpaired) electrons. The highest BCUT2D eigenvalue weighted by molar-refractivity contribution is 5.85. The summed E-state index contributed by atoms with van der Waals surface area (Å²) in [4.78, 5) is 6.73. The van der Waals surface area contributed by atoms with Crippen molar-refractivity contribution in [3.8, 4) is 5.75 Å². The summed E-state index contributed by atoms with van der Waals surface area (Å²) in [5, 5.41) is 1.45. The van der Waals surface area contributed by atoms with Crippen LogP contribution in [0.4, 0.5) is 0 Å². The Morgan fingerprint density at radius 3 is 2.87 bits per heavy atom. The molecule has 7 rings (SSSR count). The van der Waals surface area contributed by atoms with E-state index in [1.54, 1.807) is 23.8 Å². The molecule has 0 spiro atoms. The Balaban J connectivity index is 1.38. The molecule has 3 nitrogen and oxygen atoms in total. The van der Waals surface area contributed by atoms with Gasteiger partial charge in [-0.25, -0.2) is 0 Å². The van der Waals surface area contributed by atoms with Gasteiger partial charge < -0.3 is 9.72 Å². The topological polar surface area (TPSA) is 28.3 Å². The van der Waals surface area contributed by atoms with Crippen LogP contribution >= 0.6 is 0 Å². The number of nitrogens with zero attached hydrogens (tertiary/aromatic N) is 1. The Hall–Kier alpha value is -2.26. The van der Waals surface area contributed by atoms with Crippen molar-refractivity contribution in [2.24, 2.45) is 11.8 Å². The standard InChI is InChI=1S/C28H32N2O/c1-31-20-10-9-19-13-27-24-15-22-21-7-2-3-8-25(21)29-26(22)16-28(24,23(19)14-20)11-12-30(27)17-18-5-4-6-18/h2-3,7-10,14,18,24,27,29H,4-6,11-13,15-17H2,1H3/t24?,27-,28-/m0/s1. The van der Waals surface area contributed by atoms with Gasteiger partial charge in [0, 0.05) is 34.6 Å². The van der Waals surface area contributed by atoms with Gasteiger partial charge in [-0.05, 0) is 91.8 Å². The molecule has 1 saturated carbocycles. The lowest BCUT2D eigenvalue weighted by Crippen LogP contribution is -2.63. The number of hydrogen-bond acceptors (Lipinski definition) is 2. The first kappa shape index (κ1) is 18.3. The molecule has 2 aromatic carbocycles. The van der Waals surface area contributed by atoms with E-state index in [9.17, 15) is 0 Å². The van der Waals surface area contributed by atoms with E-state index in [4.69, 9.17) is 4.74 Å². The summed E-state index contributed by atoms with van der Waals surface area (Å²) in [6.45, 7) is 2.58. The number of aromatic nitrogens is 1. The van der Waals surface area contributed by atoms with Crippen molar-refractivity contribution in [2.75, 3.05) is 20.2 Å².